The number of nitriles is 1. The number of carbonyl (C=O) groups excluding carboxylic acids is 1. The molecule has 1 aromatic carbocycles. The number of rotatable bonds is 3. The Morgan fingerprint density at radius 2 is 1.50 bits per heavy atom. The Kier molecular flexibility index (Phi) is 12.7. The molecule has 9 heteroatoms. The molecule has 0 N–H and O–H groups in total. The van der Waals surface area contributed by atoms with Crippen molar-refractivity contribution in [2.75, 3.05) is 7.05 Å². The monoisotopic (exact) mass is 452 g/mol. The van der Waals surface area contributed by atoms with E-state index in [0.717, 1.165) is 0 Å². The molecule has 0 heterocycles. The molecular weight excluding hydrogens is 432 g/mol. The summed E-state index contributed by atoms with van der Waals surface area (Å²) in [6, 6.07) is 10.0. The molecule has 0 aromatic heterocycles. The van der Waals surface area contributed by atoms with Crippen LogP contribution in [0.4, 0.5) is 0 Å². The second-order valence-corrected chi connectivity index (χ2v) is 21.8. The third-order valence-electron chi connectivity index (χ3n) is 2.41. The van der Waals surface area contributed by atoms with Gasteiger partial charge in [0, 0.05) is 26.4 Å². The molecule has 0 saturated carbocycles. The van der Waals surface area contributed by atoms with Gasteiger partial charge in [0.05, 0.1) is 6.07 Å². The molecule has 0 fully saturated rings. The van der Waals surface area contributed by atoms with Crippen LogP contribution in [0.5, 0.6) is 0 Å². The predicted molar refractivity (Wildman–Crippen MR) is 110 cm³/mol. The van der Waals surface area contributed by atoms with E-state index in [1.165, 1.54) is 18.1 Å². The summed E-state index contributed by atoms with van der Waals surface area (Å²) in [5, 5.41) is 7.32. The average Bonchev–Trinajstić information content (AvgIpc) is 2.38. The number of halogens is 5. The van der Waals surface area contributed by atoms with E-state index < -0.39 is 3.37 Å². The van der Waals surface area contributed by atoms with E-state index in [1.54, 1.807) is 11.0 Å². The maximum atomic E-state index is 11.6. The van der Waals surface area contributed by atoms with Crippen molar-refractivity contribution in [3.63, 3.8) is 0 Å². The normalized spacial score (nSPS) is 11.7. The Labute approximate surface area is 168 Å². The van der Waals surface area contributed by atoms with Gasteiger partial charge in [0.15, 0.2) is 0 Å². The quantitative estimate of drug-likeness (QED) is 0.445. The second kappa shape index (κ2) is 11.6. The van der Waals surface area contributed by atoms with E-state index in [9.17, 15) is 4.79 Å². The summed E-state index contributed by atoms with van der Waals surface area (Å²) in [7, 11) is 1.85. The van der Waals surface area contributed by atoms with Crippen LogP contribution in [0.3, 0.4) is 0 Å². The van der Waals surface area contributed by atoms with Crippen molar-refractivity contribution in [2.45, 2.75) is 34.2 Å². The number of aryl methyl sites for hydroxylation is 1. The Morgan fingerprint density at radius 1 is 1.17 bits per heavy atom. The first-order valence-corrected chi connectivity index (χ1v) is 13.6. The van der Waals surface area contributed by atoms with E-state index in [4.69, 9.17) is 61.5 Å². The van der Waals surface area contributed by atoms with Gasteiger partial charge in [-0.1, -0.05) is 43.7 Å². The Balaban J connectivity index is 0. The number of hydrogen-bond acceptors (Lipinski definition) is 2. The minimum absolute atomic E-state index is 0.0699. The third kappa shape index (κ3) is 20.1. The Hall–Kier alpha value is 0.0600. The number of nitrogens with zero attached hydrogens (tertiary/aromatic N) is 2. The molecule has 3 nitrogen and oxygen atoms in total. The first-order chi connectivity index (χ1) is 10.7. The molecule has 138 valence electrons. The van der Waals surface area contributed by atoms with Gasteiger partial charge in [-0.25, -0.2) is 0 Å². The molecule has 24 heavy (non-hydrogen) atoms. The van der Waals surface area contributed by atoms with Crippen molar-refractivity contribution < 1.29 is 4.79 Å². The molecule has 1 rings (SSSR count). The Morgan fingerprint density at radius 3 is 1.79 bits per heavy atom. The molecule has 0 bridgehead atoms. The zero-order valence-electron chi connectivity index (χ0n) is 14.2. The summed E-state index contributed by atoms with van der Waals surface area (Å²) in [6.45, 7) is 8.03. The Bertz CT molecular complexity index is 531. The van der Waals surface area contributed by atoms with Crippen LogP contribution in [0.25, 0.3) is 0 Å². The number of hydrogen-bond donors (Lipinski definition) is 0. The van der Waals surface area contributed by atoms with Crippen LogP contribution in [-0.2, 0) is 11.3 Å². The van der Waals surface area contributed by atoms with Gasteiger partial charge in [-0.3, -0.25) is 4.79 Å². The molecule has 0 spiro atoms. The van der Waals surface area contributed by atoms with Crippen molar-refractivity contribution in [1.29, 1.82) is 5.26 Å². The molecule has 0 aliphatic carbocycles. The van der Waals surface area contributed by atoms with Crippen LogP contribution in [0.2, 0.25) is 0 Å². The summed E-state index contributed by atoms with van der Waals surface area (Å²) in [6.07, 6.45) is 0. The zero-order chi connectivity index (χ0) is 19.6. The SMILES string of the molecule is CC#N.Cc1ccc(CN(C)C(=O)C(C)C)cc1.ClP(Cl)(Cl)(Cl)Cl. The van der Waals surface area contributed by atoms with Gasteiger partial charge in [-0.2, -0.15) is 5.26 Å². The van der Waals surface area contributed by atoms with E-state index in [0.29, 0.717) is 6.54 Å². The molecule has 0 radical (unpaired) electrons. The van der Waals surface area contributed by atoms with Crippen molar-refractivity contribution in [2.24, 2.45) is 5.92 Å². The fourth-order valence-corrected chi connectivity index (χ4v) is 1.49. The van der Waals surface area contributed by atoms with Crippen molar-refractivity contribution >= 4 is 65.5 Å². The summed E-state index contributed by atoms with van der Waals surface area (Å²) >= 11 is 24.9. The molecule has 1 amide bonds. The molecule has 0 atom stereocenters. The summed E-state index contributed by atoms with van der Waals surface area (Å²) in [4.78, 5) is 13.4. The van der Waals surface area contributed by atoms with Crippen molar-refractivity contribution in [3.05, 3.63) is 35.4 Å². The van der Waals surface area contributed by atoms with Gasteiger partial charge in [0.2, 0.25) is 5.91 Å². The molecular formula is C15H22Cl5N2OP. The second-order valence-electron chi connectivity index (χ2n) is 5.20. The first kappa shape index (κ1) is 26.3. The summed E-state index contributed by atoms with van der Waals surface area (Å²) < 4.78 is -3.69. The predicted octanol–water partition coefficient (Wildman–Crippen LogP) is 7.45. The van der Waals surface area contributed by atoms with Gasteiger partial charge < -0.3 is 4.90 Å². The number of amides is 1. The molecule has 0 aliphatic heterocycles. The van der Waals surface area contributed by atoms with Crippen LogP contribution >= 0.6 is 59.6 Å². The van der Waals surface area contributed by atoms with Gasteiger partial charge >= 0.3 is 59.6 Å². The first-order valence-electron chi connectivity index (χ1n) is 6.88. The average molecular weight is 455 g/mol. The molecule has 1 aromatic rings. The zero-order valence-corrected chi connectivity index (χ0v) is 18.9. The van der Waals surface area contributed by atoms with Gasteiger partial charge in [-0.05, 0) is 12.5 Å². The standard InChI is InChI=1S/C13H19NO.C2H3N.Cl5P/c1-10(2)13(15)14(4)9-12-7-5-11(3)6-8-12;1-2-3;1-6(2,3,4)5/h5-8,10H,9H2,1-4H3;1H3;. The van der Waals surface area contributed by atoms with Crippen LogP contribution < -0.4 is 0 Å². The van der Waals surface area contributed by atoms with Gasteiger partial charge in [0.1, 0.15) is 0 Å². The van der Waals surface area contributed by atoms with Crippen LogP contribution in [0.1, 0.15) is 31.9 Å². The topological polar surface area (TPSA) is 44.1 Å². The van der Waals surface area contributed by atoms with E-state index in [2.05, 4.69) is 31.2 Å². The van der Waals surface area contributed by atoms with Gasteiger partial charge in [0.25, 0.3) is 0 Å². The summed E-state index contributed by atoms with van der Waals surface area (Å²) in [5.74, 6) is 0.260. The van der Waals surface area contributed by atoms with E-state index >= 15 is 0 Å². The van der Waals surface area contributed by atoms with Crippen molar-refractivity contribution in [1.82, 2.24) is 4.90 Å². The number of benzene rings is 1. The van der Waals surface area contributed by atoms with Crippen LogP contribution in [-0.4, -0.2) is 17.9 Å². The number of carbonyl (C=O) groups is 1. The molecule has 0 aliphatic rings. The van der Waals surface area contributed by atoms with Crippen LogP contribution in [0.15, 0.2) is 24.3 Å². The van der Waals surface area contributed by atoms with E-state index in [-0.39, 0.29) is 11.8 Å². The fourth-order valence-electron chi connectivity index (χ4n) is 1.49. The third-order valence-corrected chi connectivity index (χ3v) is 2.41. The summed E-state index contributed by atoms with van der Waals surface area (Å²) in [5.41, 5.74) is 2.42. The minimum atomic E-state index is -3.69. The molecule has 0 unspecified atom stereocenters. The van der Waals surface area contributed by atoms with E-state index in [1.807, 2.05) is 20.9 Å². The van der Waals surface area contributed by atoms with Crippen LogP contribution in [0, 0.1) is 24.2 Å². The molecule has 0 saturated heterocycles. The fraction of sp³-hybridized carbons (Fsp3) is 0.467. The maximum absolute atomic E-state index is 11.6. The van der Waals surface area contributed by atoms with Gasteiger partial charge in [-0.15, -0.1) is 0 Å². The van der Waals surface area contributed by atoms with Crippen molar-refractivity contribution in [3.8, 4) is 6.07 Å².